The molecule has 208 valence electrons. The SMILES string of the molecule is C=C/C(=C(/OCc1ccc2c(c1)CCN(C1COC1)C2)C(=C)C)c1cccc2[n+]1C(C)O/C(=C(/C=N)C(=O)O)N2. The third kappa shape index (κ3) is 5.30. The summed E-state index contributed by atoms with van der Waals surface area (Å²) in [5.74, 6) is 0.00381. The van der Waals surface area contributed by atoms with E-state index in [4.69, 9.17) is 19.6 Å². The van der Waals surface area contributed by atoms with E-state index in [1.54, 1.807) is 6.08 Å². The number of ether oxygens (including phenoxy) is 3. The second-order valence-electron chi connectivity index (χ2n) is 10.2. The van der Waals surface area contributed by atoms with Crippen molar-refractivity contribution >= 4 is 23.6 Å². The average molecular weight is 544 g/mol. The van der Waals surface area contributed by atoms with E-state index in [2.05, 4.69) is 41.6 Å². The number of carboxylic acid groups (broad SMARTS) is 1. The fourth-order valence-corrected chi connectivity index (χ4v) is 5.32. The predicted molar refractivity (Wildman–Crippen MR) is 151 cm³/mol. The number of aliphatic carboxylic acids is 1. The minimum Gasteiger partial charge on any atom is -0.488 e. The molecule has 3 N–H and O–H groups in total. The molecule has 4 heterocycles. The predicted octanol–water partition coefficient (Wildman–Crippen LogP) is 4.33. The molecule has 5 rings (SSSR count). The molecule has 1 unspecified atom stereocenters. The minimum absolute atomic E-state index is 0.0178. The number of hydrogen-bond acceptors (Lipinski definition) is 7. The van der Waals surface area contributed by atoms with E-state index >= 15 is 0 Å². The molecule has 1 saturated heterocycles. The summed E-state index contributed by atoms with van der Waals surface area (Å²) < 4.78 is 19.6. The van der Waals surface area contributed by atoms with E-state index in [-0.39, 0.29) is 11.5 Å². The number of fused-ring (bicyclic) bond motifs is 2. The molecule has 1 aromatic heterocycles. The molecule has 0 aliphatic carbocycles. The number of nitrogens with one attached hydrogen (secondary N) is 2. The van der Waals surface area contributed by atoms with Crippen molar-refractivity contribution in [1.29, 1.82) is 5.41 Å². The molecule has 40 heavy (non-hydrogen) atoms. The summed E-state index contributed by atoms with van der Waals surface area (Å²) in [4.78, 5) is 14.1. The van der Waals surface area contributed by atoms with Crippen LogP contribution in [-0.2, 0) is 38.6 Å². The average Bonchev–Trinajstić information content (AvgIpc) is 2.89. The number of pyridine rings is 1. The highest BCUT2D eigenvalue weighted by molar-refractivity contribution is 6.08. The molecule has 0 saturated carbocycles. The van der Waals surface area contributed by atoms with Gasteiger partial charge in [0.2, 0.25) is 6.23 Å². The third-order valence-corrected chi connectivity index (χ3v) is 7.49. The molecule has 1 aromatic carbocycles. The summed E-state index contributed by atoms with van der Waals surface area (Å²) in [5, 5.41) is 19.9. The van der Waals surface area contributed by atoms with Gasteiger partial charge in [0.05, 0.1) is 24.8 Å². The van der Waals surface area contributed by atoms with Gasteiger partial charge >= 0.3 is 11.9 Å². The van der Waals surface area contributed by atoms with Crippen LogP contribution in [0.25, 0.3) is 5.57 Å². The third-order valence-electron chi connectivity index (χ3n) is 7.49. The summed E-state index contributed by atoms with van der Waals surface area (Å²) >= 11 is 0. The first-order chi connectivity index (χ1) is 19.3. The summed E-state index contributed by atoms with van der Waals surface area (Å²) in [6, 6.07) is 12.7. The van der Waals surface area contributed by atoms with E-state index in [1.165, 1.54) is 11.1 Å². The highest BCUT2D eigenvalue weighted by Gasteiger charge is 2.34. The number of aromatic nitrogens is 1. The van der Waals surface area contributed by atoms with Crippen molar-refractivity contribution in [1.82, 2.24) is 4.90 Å². The number of nitrogens with zero attached hydrogens (tertiary/aromatic N) is 2. The van der Waals surface area contributed by atoms with Crippen molar-refractivity contribution in [2.75, 3.05) is 25.1 Å². The van der Waals surface area contributed by atoms with E-state index < -0.39 is 12.2 Å². The zero-order chi connectivity index (χ0) is 28.4. The van der Waals surface area contributed by atoms with Gasteiger partial charge in [0.1, 0.15) is 18.1 Å². The van der Waals surface area contributed by atoms with Gasteiger partial charge in [0, 0.05) is 32.3 Å². The molecule has 1 atom stereocenters. The van der Waals surface area contributed by atoms with Crippen LogP contribution in [0.1, 0.15) is 42.5 Å². The maximum atomic E-state index is 11.6. The largest absolute Gasteiger partial charge is 0.488 e. The quantitative estimate of drug-likeness (QED) is 0.142. The Labute approximate surface area is 234 Å². The highest BCUT2D eigenvalue weighted by Crippen LogP contribution is 2.30. The fraction of sp³-hybridized carbons (Fsp3) is 0.323. The van der Waals surface area contributed by atoms with Crippen LogP contribution in [0.3, 0.4) is 0 Å². The number of rotatable bonds is 9. The lowest BCUT2D eigenvalue weighted by Crippen LogP contribution is -2.50. The Morgan fingerprint density at radius 2 is 2.10 bits per heavy atom. The van der Waals surface area contributed by atoms with Crippen LogP contribution >= 0.6 is 0 Å². The van der Waals surface area contributed by atoms with Crippen molar-refractivity contribution < 1.29 is 28.7 Å². The van der Waals surface area contributed by atoms with E-state index in [0.29, 0.717) is 24.2 Å². The van der Waals surface area contributed by atoms with Gasteiger partial charge in [-0.25, -0.2) is 10.1 Å². The molecular weight excluding hydrogens is 508 g/mol. The van der Waals surface area contributed by atoms with E-state index in [1.807, 2.05) is 36.6 Å². The molecule has 0 spiro atoms. The van der Waals surface area contributed by atoms with Crippen LogP contribution < -0.4 is 9.88 Å². The van der Waals surface area contributed by atoms with Crippen LogP contribution in [0, 0.1) is 5.41 Å². The Bertz CT molecular complexity index is 1440. The number of hydrogen-bond donors (Lipinski definition) is 3. The fourth-order valence-electron chi connectivity index (χ4n) is 5.32. The monoisotopic (exact) mass is 543 g/mol. The van der Waals surface area contributed by atoms with Crippen molar-refractivity contribution in [2.45, 2.75) is 45.7 Å². The first-order valence-electron chi connectivity index (χ1n) is 13.3. The maximum absolute atomic E-state index is 11.6. The molecular formula is C31H35N4O5+. The molecule has 9 heteroatoms. The lowest BCUT2D eigenvalue weighted by atomic mass is 9.96. The number of anilines is 1. The van der Waals surface area contributed by atoms with Gasteiger partial charge < -0.3 is 24.7 Å². The Kier molecular flexibility index (Phi) is 7.86. The zero-order valence-corrected chi connectivity index (χ0v) is 22.9. The lowest BCUT2D eigenvalue weighted by molar-refractivity contribution is -0.750. The minimum atomic E-state index is -1.24. The van der Waals surface area contributed by atoms with Gasteiger partial charge in [0.15, 0.2) is 5.57 Å². The van der Waals surface area contributed by atoms with Crippen LogP contribution in [0.2, 0.25) is 0 Å². The topological polar surface area (TPSA) is 108 Å². The van der Waals surface area contributed by atoms with Crippen LogP contribution in [-0.4, -0.2) is 48.0 Å². The normalized spacial score (nSPS) is 20.4. The second kappa shape index (κ2) is 11.5. The first kappa shape index (κ1) is 27.4. The number of benzene rings is 1. The van der Waals surface area contributed by atoms with Gasteiger partial charge in [-0.05, 0) is 47.7 Å². The molecule has 3 aliphatic rings. The summed E-state index contributed by atoms with van der Waals surface area (Å²) in [7, 11) is 0. The van der Waals surface area contributed by atoms with Crippen LogP contribution in [0.15, 0.2) is 78.4 Å². The number of carbonyl (C=O) groups is 1. The molecule has 2 aromatic rings. The van der Waals surface area contributed by atoms with E-state index in [0.717, 1.165) is 61.3 Å². The molecule has 3 aliphatic heterocycles. The molecule has 0 bridgehead atoms. The number of allylic oxidation sites excluding steroid dienone is 3. The second-order valence-corrected chi connectivity index (χ2v) is 10.2. The molecule has 0 radical (unpaired) electrons. The Hall–Kier alpha value is -4.21. The van der Waals surface area contributed by atoms with Crippen molar-refractivity contribution in [2.24, 2.45) is 0 Å². The van der Waals surface area contributed by atoms with Gasteiger partial charge in [-0.15, -0.1) is 0 Å². The summed E-state index contributed by atoms with van der Waals surface area (Å²) in [5.41, 5.74) is 5.80. The standard InChI is InChI=1S/C31H34N4O5/c1-5-25(27-7-6-8-28-33-30(26(14-32)31(36)37)40-20(4)35(27)28)29(19(2)3)39-16-21-9-10-23-15-34(24-17-38-18-24)12-11-22(23)13-21/h5-10,13-14,20,24,32H,1-2,11-12,15-18H2,3-4H3,(H,36,37)/p+1/b29-25-,30-26-,32-14?. The van der Waals surface area contributed by atoms with Crippen LogP contribution in [0.5, 0.6) is 0 Å². The van der Waals surface area contributed by atoms with E-state index in [9.17, 15) is 9.90 Å². The van der Waals surface area contributed by atoms with Crippen molar-refractivity contribution in [3.8, 4) is 0 Å². The summed E-state index contributed by atoms with van der Waals surface area (Å²) in [6.45, 7) is 16.0. The van der Waals surface area contributed by atoms with Gasteiger partial charge in [0.25, 0.3) is 5.82 Å². The Morgan fingerprint density at radius 3 is 2.75 bits per heavy atom. The summed E-state index contributed by atoms with van der Waals surface area (Å²) in [6.07, 6.45) is 2.94. The highest BCUT2D eigenvalue weighted by atomic mass is 16.5. The number of carboxylic acids is 1. The maximum Gasteiger partial charge on any atom is 0.345 e. The Morgan fingerprint density at radius 1 is 1.30 bits per heavy atom. The van der Waals surface area contributed by atoms with Gasteiger partial charge in [-0.2, -0.15) is 4.57 Å². The van der Waals surface area contributed by atoms with Gasteiger partial charge in [-0.3, -0.25) is 4.90 Å². The molecule has 0 amide bonds. The molecule has 1 fully saturated rings. The van der Waals surface area contributed by atoms with Crippen molar-refractivity contribution in [3.63, 3.8) is 0 Å². The Balaban J connectivity index is 1.41. The molecule has 9 nitrogen and oxygen atoms in total. The van der Waals surface area contributed by atoms with Gasteiger partial charge in [-0.1, -0.05) is 37.4 Å². The first-order valence-corrected chi connectivity index (χ1v) is 13.3. The smallest absolute Gasteiger partial charge is 0.345 e. The lowest BCUT2D eigenvalue weighted by Gasteiger charge is -2.40. The van der Waals surface area contributed by atoms with Crippen LogP contribution in [0.4, 0.5) is 5.82 Å². The van der Waals surface area contributed by atoms with Crippen molar-refractivity contribution in [3.05, 3.63) is 101 Å². The zero-order valence-electron chi connectivity index (χ0n) is 22.9.